The molecule has 5 nitrogen and oxygen atoms in total. The highest BCUT2D eigenvalue weighted by Gasteiger charge is 2.29. The topological polar surface area (TPSA) is 66.6 Å². The van der Waals surface area contributed by atoms with E-state index in [0.29, 0.717) is 12.5 Å². The van der Waals surface area contributed by atoms with E-state index in [9.17, 15) is 19.6 Å². The summed E-state index contributed by atoms with van der Waals surface area (Å²) in [5, 5.41) is 20.8. The minimum Gasteiger partial charge on any atom is -0.505 e. The maximum atomic E-state index is 13.8. The third-order valence-electron chi connectivity index (χ3n) is 4.13. The van der Waals surface area contributed by atoms with Crippen molar-refractivity contribution in [1.82, 2.24) is 0 Å². The Labute approximate surface area is 129 Å². The molecule has 22 heavy (non-hydrogen) atoms. The maximum absolute atomic E-state index is 13.8. The standard InChI is InChI=1S/C16H23FN2O3/c1-11(2)10-18(12-6-4-3-5-7-12)14-8-13(17)16(20)9-15(14)19(21)22/h8-9,11-12,20H,3-7,10H2,1-2H3. The van der Waals surface area contributed by atoms with E-state index in [1.54, 1.807) is 0 Å². The van der Waals surface area contributed by atoms with Crippen molar-refractivity contribution in [3.63, 3.8) is 0 Å². The Morgan fingerprint density at radius 1 is 1.36 bits per heavy atom. The van der Waals surface area contributed by atoms with Crippen molar-refractivity contribution in [3.8, 4) is 5.75 Å². The molecule has 0 unspecified atom stereocenters. The molecular weight excluding hydrogens is 287 g/mol. The number of nitrogens with zero attached hydrogens (tertiary/aromatic N) is 2. The van der Waals surface area contributed by atoms with Crippen molar-refractivity contribution < 1.29 is 14.4 Å². The van der Waals surface area contributed by atoms with Gasteiger partial charge in [0.15, 0.2) is 11.6 Å². The number of anilines is 1. The SMILES string of the molecule is CC(C)CN(c1cc(F)c(O)cc1[N+](=O)[O-])C1CCCCC1. The molecule has 0 heterocycles. The minimum atomic E-state index is -0.815. The van der Waals surface area contributed by atoms with Gasteiger partial charge in [0.25, 0.3) is 5.69 Å². The highest BCUT2D eigenvalue weighted by molar-refractivity contribution is 5.66. The molecule has 0 amide bonds. The second-order valence-electron chi connectivity index (χ2n) is 6.39. The molecule has 1 aliphatic carbocycles. The highest BCUT2D eigenvalue weighted by Crippen LogP contribution is 2.37. The first-order valence-electron chi connectivity index (χ1n) is 7.83. The van der Waals surface area contributed by atoms with Gasteiger partial charge in [0.1, 0.15) is 5.69 Å². The molecule has 0 radical (unpaired) electrons. The van der Waals surface area contributed by atoms with Crippen molar-refractivity contribution in [2.24, 2.45) is 5.92 Å². The van der Waals surface area contributed by atoms with Gasteiger partial charge >= 0.3 is 0 Å². The summed E-state index contributed by atoms with van der Waals surface area (Å²) >= 11 is 0. The summed E-state index contributed by atoms with van der Waals surface area (Å²) in [7, 11) is 0. The second-order valence-corrected chi connectivity index (χ2v) is 6.39. The van der Waals surface area contributed by atoms with Crippen LogP contribution in [-0.4, -0.2) is 22.6 Å². The van der Waals surface area contributed by atoms with Crippen molar-refractivity contribution in [2.45, 2.75) is 52.0 Å². The monoisotopic (exact) mass is 310 g/mol. The zero-order valence-electron chi connectivity index (χ0n) is 13.1. The first-order chi connectivity index (χ1) is 10.4. The zero-order chi connectivity index (χ0) is 16.3. The molecule has 1 aliphatic rings. The van der Waals surface area contributed by atoms with Crippen LogP contribution < -0.4 is 4.90 Å². The lowest BCUT2D eigenvalue weighted by atomic mass is 9.93. The van der Waals surface area contributed by atoms with Crippen LogP contribution >= 0.6 is 0 Å². The van der Waals surface area contributed by atoms with Gasteiger partial charge in [-0.3, -0.25) is 10.1 Å². The normalized spacial score (nSPS) is 16.0. The van der Waals surface area contributed by atoms with E-state index >= 15 is 0 Å². The fourth-order valence-electron chi connectivity index (χ4n) is 3.15. The zero-order valence-corrected chi connectivity index (χ0v) is 13.1. The van der Waals surface area contributed by atoms with E-state index < -0.39 is 16.5 Å². The molecule has 1 aromatic rings. The quantitative estimate of drug-likeness (QED) is 0.652. The molecule has 0 aliphatic heterocycles. The molecule has 2 rings (SSSR count). The maximum Gasteiger partial charge on any atom is 0.296 e. The number of nitro groups is 1. The van der Waals surface area contributed by atoms with Crippen LogP contribution in [0.4, 0.5) is 15.8 Å². The number of halogens is 1. The Kier molecular flexibility index (Phi) is 5.21. The summed E-state index contributed by atoms with van der Waals surface area (Å²) in [6.07, 6.45) is 5.29. The van der Waals surface area contributed by atoms with E-state index in [0.717, 1.165) is 37.8 Å². The molecule has 1 saturated carbocycles. The lowest BCUT2D eigenvalue weighted by molar-refractivity contribution is -0.384. The molecule has 1 N–H and O–H groups in total. The Hall–Kier alpha value is -1.85. The summed E-state index contributed by atoms with van der Waals surface area (Å²) in [5.74, 6) is -1.19. The fraction of sp³-hybridized carbons (Fsp3) is 0.625. The Morgan fingerprint density at radius 2 is 2.00 bits per heavy atom. The summed E-state index contributed by atoms with van der Waals surface area (Å²) < 4.78 is 13.8. The largest absolute Gasteiger partial charge is 0.505 e. The number of aromatic hydroxyl groups is 1. The number of phenolic OH excluding ortho intramolecular Hbond substituents is 1. The third-order valence-corrected chi connectivity index (χ3v) is 4.13. The van der Waals surface area contributed by atoms with Crippen LogP contribution in [0.3, 0.4) is 0 Å². The van der Waals surface area contributed by atoms with Gasteiger partial charge in [0.05, 0.1) is 11.0 Å². The Morgan fingerprint density at radius 3 is 2.55 bits per heavy atom. The van der Waals surface area contributed by atoms with Crippen LogP contribution in [0, 0.1) is 21.8 Å². The van der Waals surface area contributed by atoms with E-state index in [1.807, 2.05) is 18.7 Å². The number of hydrogen-bond acceptors (Lipinski definition) is 4. The minimum absolute atomic E-state index is 0.193. The van der Waals surface area contributed by atoms with Crippen molar-refractivity contribution >= 4 is 11.4 Å². The van der Waals surface area contributed by atoms with Crippen LogP contribution in [0.1, 0.15) is 46.0 Å². The van der Waals surface area contributed by atoms with Crippen molar-refractivity contribution in [1.29, 1.82) is 0 Å². The van der Waals surface area contributed by atoms with Crippen molar-refractivity contribution in [2.75, 3.05) is 11.4 Å². The van der Waals surface area contributed by atoms with Gasteiger partial charge in [-0.05, 0) is 18.8 Å². The number of nitro benzene ring substituents is 1. The highest BCUT2D eigenvalue weighted by atomic mass is 19.1. The molecule has 6 heteroatoms. The van der Waals surface area contributed by atoms with Crippen LogP contribution in [0.25, 0.3) is 0 Å². The number of phenols is 1. The molecule has 0 spiro atoms. The van der Waals surface area contributed by atoms with Gasteiger partial charge in [-0.1, -0.05) is 33.1 Å². The summed E-state index contributed by atoms with van der Waals surface area (Å²) in [6, 6.07) is 2.21. The number of hydrogen-bond donors (Lipinski definition) is 1. The fourth-order valence-corrected chi connectivity index (χ4v) is 3.15. The molecular formula is C16H23FN2O3. The first kappa shape index (κ1) is 16.5. The molecule has 0 bridgehead atoms. The predicted octanol–water partition coefficient (Wildman–Crippen LogP) is 4.23. The summed E-state index contributed by atoms with van der Waals surface area (Å²) in [6.45, 7) is 4.71. The smallest absolute Gasteiger partial charge is 0.296 e. The van der Waals surface area contributed by atoms with Crippen molar-refractivity contribution in [3.05, 3.63) is 28.1 Å². The first-order valence-corrected chi connectivity index (χ1v) is 7.83. The van der Waals surface area contributed by atoms with Crippen LogP contribution in [0.5, 0.6) is 5.75 Å². The Bertz CT molecular complexity index is 542. The van der Waals surface area contributed by atoms with E-state index in [-0.39, 0.29) is 17.4 Å². The van der Waals surface area contributed by atoms with Crippen LogP contribution in [-0.2, 0) is 0 Å². The van der Waals surface area contributed by atoms with Gasteiger partial charge in [0, 0.05) is 18.7 Å². The molecule has 0 saturated heterocycles. The number of rotatable bonds is 5. The average Bonchev–Trinajstić information content (AvgIpc) is 2.48. The lowest BCUT2D eigenvalue weighted by Crippen LogP contribution is -2.39. The van der Waals surface area contributed by atoms with E-state index in [2.05, 4.69) is 0 Å². The summed E-state index contributed by atoms with van der Waals surface area (Å²) in [5.41, 5.74) is 0.0472. The summed E-state index contributed by atoms with van der Waals surface area (Å²) in [4.78, 5) is 12.7. The molecule has 0 atom stereocenters. The van der Waals surface area contributed by atoms with Gasteiger partial charge in [-0.25, -0.2) is 4.39 Å². The van der Waals surface area contributed by atoms with E-state index in [1.165, 1.54) is 6.42 Å². The lowest BCUT2D eigenvalue weighted by Gasteiger charge is -2.37. The van der Waals surface area contributed by atoms with Gasteiger partial charge < -0.3 is 10.0 Å². The van der Waals surface area contributed by atoms with Gasteiger partial charge in [-0.2, -0.15) is 0 Å². The number of benzene rings is 1. The molecule has 1 aromatic carbocycles. The second kappa shape index (κ2) is 6.94. The Balaban J connectivity index is 2.45. The van der Waals surface area contributed by atoms with E-state index in [4.69, 9.17) is 0 Å². The van der Waals surface area contributed by atoms with Crippen LogP contribution in [0.2, 0.25) is 0 Å². The third kappa shape index (κ3) is 3.67. The molecule has 1 fully saturated rings. The molecule has 122 valence electrons. The average molecular weight is 310 g/mol. The van der Waals surface area contributed by atoms with Gasteiger partial charge in [-0.15, -0.1) is 0 Å². The predicted molar refractivity (Wildman–Crippen MR) is 83.8 cm³/mol. The van der Waals surface area contributed by atoms with Gasteiger partial charge in [0.2, 0.25) is 0 Å². The molecule has 0 aromatic heterocycles. The van der Waals surface area contributed by atoms with Crippen LogP contribution in [0.15, 0.2) is 12.1 Å².